The van der Waals surface area contributed by atoms with E-state index in [1.54, 1.807) is 32.0 Å². The highest BCUT2D eigenvalue weighted by molar-refractivity contribution is 7.91. The molecule has 0 saturated heterocycles. The van der Waals surface area contributed by atoms with Crippen LogP contribution in [0.4, 0.5) is 0 Å². The van der Waals surface area contributed by atoms with Crippen LogP contribution in [0, 0.1) is 0 Å². The maximum absolute atomic E-state index is 13.1. The van der Waals surface area contributed by atoms with Crippen molar-refractivity contribution in [2.75, 3.05) is 0 Å². The van der Waals surface area contributed by atoms with Crippen molar-refractivity contribution in [2.45, 2.75) is 55.2 Å². The number of ether oxygens (including phenoxy) is 1. The number of benzene rings is 2. The number of hydrazine groups is 1. The summed E-state index contributed by atoms with van der Waals surface area (Å²) in [5.41, 5.74) is 1.61. The Kier molecular flexibility index (Phi) is 5.62. The molecular weight excluding hydrogens is 408 g/mol. The van der Waals surface area contributed by atoms with E-state index in [-0.39, 0.29) is 15.4 Å². The number of fused-ring (bicyclic) bond motifs is 1. The molecule has 1 heterocycles. The van der Waals surface area contributed by atoms with Gasteiger partial charge < -0.3 is 9.84 Å². The Morgan fingerprint density at radius 2 is 1.70 bits per heavy atom. The monoisotopic (exact) mass is 432 g/mol. The minimum absolute atomic E-state index is 0.0146. The molecule has 2 unspecified atom stereocenters. The van der Waals surface area contributed by atoms with E-state index in [2.05, 4.69) is 5.43 Å². The molecule has 1 aliphatic heterocycles. The first-order chi connectivity index (χ1) is 13.9. The Hall–Kier alpha value is -2.91. The number of nitrogens with one attached hydrogen (secondary N) is 1. The van der Waals surface area contributed by atoms with Gasteiger partial charge in [-0.3, -0.25) is 15.0 Å². The summed E-state index contributed by atoms with van der Waals surface area (Å²) in [4.78, 5) is 24.1. The van der Waals surface area contributed by atoms with Gasteiger partial charge in [-0.15, -0.1) is 0 Å². The van der Waals surface area contributed by atoms with E-state index in [0.717, 1.165) is 5.01 Å². The molecular formula is C21H24N2O6S. The molecule has 0 spiro atoms. The van der Waals surface area contributed by atoms with E-state index in [1.165, 1.54) is 44.2 Å². The standard InChI is InChI=1S/C21H24N2O6S/c1-13(24)22-23(14(2)25)19-17-12-16(30(27,28)15-8-6-5-7-9-15)10-11-18(17)29-21(3,4)20(19)26/h5-12,19-20,26H,1-4H3,(H,22,24). The molecule has 30 heavy (non-hydrogen) atoms. The molecule has 0 aliphatic carbocycles. The minimum Gasteiger partial charge on any atom is -0.485 e. The average molecular weight is 432 g/mol. The SMILES string of the molecule is CC(=O)NN(C(C)=O)C1c2cc(S(=O)(=O)c3ccccc3)ccc2OC(C)(C)C1O. The number of hydrogen-bond donors (Lipinski definition) is 2. The molecule has 0 aromatic heterocycles. The third kappa shape index (κ3) is 3.90. The summed E-state index contributed by atoms with van der Waals surface area (Å²) in [6.45, 7) is 5.78. The maximum atomic E-state index is 13.1. The van der Waals surface area contributed by atoms with Crippen LogP contribution in [-0.4, -0.2) is 42.1 Å². The van der Waals surface area contributed by atoms with Gasteiger partial charge in [-0.25, -0.2) is 13.4 Å². The van der Waals surface area contributed by atoms with Crippen LogP contribution in [0.1, 0.15) is 39.3 Å². The number of amides is 2. The van der Waals surface area contributed by atoms with Crippen LogP contribution in [-0.2, 0) is 19.4 Å². The van der Waals surface area contributed by atoms with Gasteiger partial charge in [0.1, 0.15) is 23.5 Å². The second-order valence-electron chi connectivity index (χ2n) is 7.67. The zero-order valence-corrected chi connectivity index (χ0v) is 17.9. The van der Waals surface area contributed by atoms with Gasteiger partial charge in [-0.1, -0.05) is 18.2 Å². The number of rotatable bonds is 3. The second-order valence-corrected chi connectivity index (χ2v) is 9.62. The second kappa shape index (κ2) is 7.73. The molecule has 2 atom stereocenters. The first-order valence-corrected chi connectivity index (χ1v) is 10.8. The number of carbonyl (C=O) groups excluding carboxylic acids is 2. The topological polar surface area (TPSA) is 113 Å². The normalized spacial score (nSPS) is 19.9. The summed E-state index contributed by atoms with van der Waals surface area (Å²) >= 11 is 0. The van der Waals surface area contributed by atoms with Crippen molar-refractivity contribution in [3.8, 4) is 5.75 Å². The Morgan fingerprint density at radius 1 is 1.07 bits per heavy atom. The molecule has 2 aromatic rings. The van der Waals surface area contributed by atoms with Gasteiger partial charge in [-0.05, 0) is 44.2 Å². The molecule has 8 nitrogen and oxygen atoms in total. The molecule has 0 saturated carbocycles. The van der Waals surface area contributed by atoms with Crippen molar-refractivity contribution >= 4 is 21.7 Å². The zero-order valence-electron chi connectivity index (χ0n) is 17.1. The van der Waals surface area contributed by atoms with Gasteiger partial charge in [0.15, 0.2) is 0 Å². The molecule has 160 valence electrons. The molecule has 1 aliphatic rings. The van der Waals surface area contributed by atoms with Gasteiger partial charge in [0.05, 0.1) is 9.79 Å². The summed E-state index contributed by atoms with van der Waals surface area (Å²) in [7, 11) is -3.84. The van der Waals surface area contributed by atoms with Gasteiger partial charge in [0.2, 0.25) is 21.7 Å². The van der Waals surface area contributed by atoms with E-state index < -0.39 is 39.4 Å². The lowest BCUT2D eigenvalue weighted by atomic mass is 9.86. The predicted octanol–water partition coefficient (Wildman–Crippen LogP) is 1.99. The summed E-state index contributed by atoms with van der Waals surface area (Å²) in [5.74, 6) is -0.704. The van der Waals surface area contributed by atoms with E-state index in [4.69, 9.17) is 4.74 Å². The number of aliphatic hydroxyl groups is 1. The number of aliphatic hydroxyl groups excluding tert-OH is 1. The Labute approximate surface area is 175 Å². The largest absolute Gasteiger partial charge is 0.485 e. The highest BCUT2D eigenvalue weighted by atomic mass is 32.2. The first kappa shape index (κ1) is 21.8. The van der Waals surface area contributed by atoms with Crippen LogP contribution in [0.2, 0.25) is 0 Å². The fraction of sp³-hybridized carbons (Fsp3) is 0.333. The minimum atomic E-state index is -3.84. The van der Waals surface area contributed by atoms with Crippen molar-refractivity contribution in [1.82, 2.24) is 10.4 Å². The number of nitrogens with zero attached hydrogens (tertiary/aromatic N) is 1. The fourth-order valence-corrected chi connectivity index (χ4v) is 4.76. The van der Waals surface area contributed by atoms with Gasteiger partial charge >= 0.3 is 0 Å². The fourth-order valence-electron chi connectivity index (χ4n) is 3.44. The van der Waals surface area contributed by atoms with E-state index in [9.17, 15) is 23.1 Å². The molecule has 0 fully saturated rings. The number of hydrogen-bond acceptors (Lipinski definition) is 6. The van der Waals surface area contributed by atoms with Crippen LogP contribution in [0.5, 0.6) is 5.75 Å². The lowest BCUT2D eigenvalue weighted by molar-refractivity contribution is -0.154. The zero-order chi connectivity index (χ0) is 22.3. The van der Waals surface area contributed by atoms with Crippen LogP contribution in [0.3, 0.4) is 0 Å². The van der Waals surface area contributed by atoms with Crippen molar-refractivity contribution in [2.24, 2.45) is 0 Å². The number of carbonyl (C=O) groups is 2. The maximum Gasteiger partial charge on any atom is 0.238 e. The van der Waals surface area contributed by atoms with E-state index >= 15 is 0 Å². The van der Waals surface area contributed by atoms with Crippen LogP contribution < -0.4 is 10.2 Å². The van der Waals surface area contributed by atoms with Crippen LogP contribution >= 0.6 is 0 Å². The molecule has 0 bridgehead atoms. The predicted molar refractivity (Wildman–Crippen MR) is 108 cm³/mol. The summed E-state index contributed by atoms with van der Waals surface area (Å²) < 4.78 is 32.0. The highest BCUT2D eigenvalue weighted by Gasteiger charge is 2.47. The summed E-state index contributed by atoms with van der Waals surface area (Å²) in [6.07, 6.45) is -1.24. The first-order valence-electron chi connectivity index (χ1n) is 9.33. The Morgan fingerprint density at radius 3 is 2.27 bits per heavy atom. The third-order valence-corrected chi connectivity index (χ3v) is 6.71. The Balaban J connectivity index is 2.19. The van der Waals surface area contributed by atoms with Gasteiger partial charge in [-0.2, -0.15) is 0 Å². The smallest absolute Gasteiger partial charge is 0.238 e. The van der Waals surface area contributed by atoms with Gasteiger partial charge in [0.25, 0.3) is 0 Å². The highest BCUT2D eigenvalue weighted by Crippen LogP contribution is 2.43. The molecule has 2 N–H and O–H groups in total. The quantitative estimate of drug-likeness (QED) is 0.718. The van der Waals surface area contributed by atoms with Crippen LogP contribution in [0.15, 0.2) is 58.3 Å². The summed E-state index contributed by atoms with van der Waals surface area (Å²) in [6, 6.07) is 11.2. The molecule has 9 heteroatoms. The van der Waals surface area contributed by atoms with Crippen molar-refractivity contribution in [3.05, 3.63) is 54.1 Å². The van der Waals surface area contributed by atoms with E-state index in [0.29, 0.717) is 5.75 Å². The van der Waals surface area contributed by atoms with E-state index in [1.807, 2.05) is 0 Å². The van der Waals surface area contributed by atoms with Crippen molar-refractivity contribution in [1.29, 1.82) is 0 Å². The van der Waals surface area contributed by atoms with Gasteiger partial charge in [0, 0.05) is 19.4 Å². The van der Waals surface area contributed by atoms with Crippen molar-refractivity contribution < 1.29 is 27.9 Å². The average Bonchev–Trinajstić information content (AvgIpc) is 2.67. The molecule has 2 amide bonds. The van der Waals surface area contributed by atoms with Crippen molar-refractivity contribution in [3.63, 3.8) is 0 Å². The molecule has 3 rings (SSSR count). The summed E-state index contributed by atoms with van der Waals surface area (Å²) in [5, 5.41) is 12.0. The lowest BCUT2D eigenvalue weighted by Crippen LogP contribution is -2.58. The van der Waals surface area contributed by atoms with Crippen LogP contribution in [0.25, 0.3) is 0 Å². The Bertz CT molecular complexity index is 1080. The molecule has 0 radical (unpaired) electrons. The lowest BCUT2D eigenvalue weighted by Gasteiger charge is -2.45. The third-order valence-electron chi connectivity index (χ3n) is 4.94. The number of sulfone groups is 1. The molecule has 2 aromatic carbocycles.